The Morgan fingerprint density at radius 2 is 1.86 bits per heavy atom. The van der Waals surface area contributed by atoms with E-state index >= 15 is 0 Å². The fourth-order valence-electron chi connectivity index (χ4n) is 3.07. The number of benzene rings is 2. The maximum atomic E-state index is 12.6. The predicted molar refractivity (Wildman–Crippen MR) is 114 cm³/mol. The number of fused-ring (bicyclic) bond motifs is 2. The Labute approximate surface area is 172 Å². The van der Waals surface area contributed by atoms with Crippen molar-refractivity contribution in [3.63, 3.8) is 0 Å². The molecule has 0 aliphatic heterocycles. The smallest absolute Gasteiger partial charge is 0.339 e. The minimum absolute atomic E-state index is 0.0264. The van der Waals surface area contributed by atoms with E-state index in [0.717, 1.165) is 15.6 Å². The van der Waals surface area contributed by atoms with Crippen molar-refractivity contribution in [2.75, 3.05) is 5.32 Å². The van der Waals surface area contributed by atoms with Gasteiger partial charge in [0.25, 0.3) is 5.91 Å². The molecule has 0 atom stereocenters. The van der Waals surface area contributed by atoms with Gasteiger partial charge in [0.15, 0.2) is 5.76 Å². The number of hydrogen-bond donors (Lipinski definition) is 2. The molecule has 6 nitrogen and oxygen atoms in total. The van der Waals surface area contributed by atoms with Crippen molar-refractivity contribution in [3.05, 3.63) is 71.3 Å². The lowest BCUT2D eigenvalue weighted by molar-refractivity contribution is 0.0699. The molecule has 29 heavy (non-hydrogen) atoms. The summed E-state index contributed by atoms with van der Waals surface area (Å²) in [5.41, 5.74) is 1.66. The van der Waals surface area contributed by atoms with E-state index in [4.69, 9.17) is 4.42 Å². The summed E-state index contributed by atoms with van der Waals surface area (Å²) >= 11 is 2.66. The molecule has 2 aromatic carbocycles. The Morgan fingerprint density at radius 3 is 2.66 bits per heavy atom. The van der Waals surface area contributed by atoms with Crippen LogP contribution in [0.2, 0.25) is 0 Å². The number of rotatable bonds is 4. The molecule has 0 unspecified atom stereocenters. The first kappa shape index (κ1) is 17.6. The van der Waals surface area contributed by atoms with Gasteiger partial charge in [0.2, 0.25) is 0 Å². The molecule has 0 radical (unpaired) electrons. The van der Waals surface area contributed by atoms with Crippen molar-refractivity contribution in [1.82, 2.24) is 4.98 Å². The number of anilines is 1. The summed E-state index contributed by atoms with van der Waals surface area (Å²) in [5.74, 6) is -1.51. The molecule has 5 rings (SSSR count). The summed E-state index contributed by atoms with van der Waals surface area (Å²) in [6.07, 6.45) is 0. The van der Waals surface area contributed by atoms with Gasteiger partial charge < -0.3 is 14.8 Å². The van der Waals surface area contributed by atoms with Crippen LogP contribution in [0.3, 0.4) is 0 Å². The molecule has 0 bridgehead atoms. The largest absolute Gasteiger partial charge is 0.478 e. The molecule has 2 N–H and O–H groups in total. The second kappa shape index (κ2) is 6.84. The average Bonchev–Trinajstić information content (AvgIpc) is 3.43. The molecule has 0 aliphatic rings. The van der Waals surface area contributed by atoms with Crippen molar-refractivity contribution in [3.8, 4) is 9.88 Å². The zero-order valence-corrected chi connectivity index (χ0v) is 16.3. The number of amides is 1. The molecule has 3 aromatic heterocycles. The topological polar surface area (TPSA) is 92.4 Å². The second-order valence-corrected chi connectivity index (χ2v) is 8.16. The summed E-state index contributed by atoms with van der Waals surface area (Å²) in [4.78, 5) is 29.7. The van der Waals surface area contributed by atoms with Gasteiger partial charge in [0.1, 0.15) is 16.2 Å². The van der Waals surface area contributed by atoms with E-state index in [1.54, 1.807) is 17.5 Å². The van der Waals surface area contributed by atoms with E-state index in [2.05, 4.69) is 10.3 Å². The summed E-state index contributed by atoms with van der Waals surface area (Å²) in [6, 6.07) is 16.5. The lowest BCUT2D eigenvalue weighted by atomic mass is 10.2. The summed E-state index contributed by atoms with van der Waals surface area (Å²) in [5, 5.41) is 15.5. The molecule has 142 valence electrons. The van der Waals surface area contributed by atoms with Gasteiger partial charge in [-0.05, 0) is 24.3 Å². The normalized spacial score (nSPS) is 11.2. The van der Waals surface area contributed by atoms with Gasteiger partial charge in [-0.1, -0.05) is 30.3 Å². The minimum atomic E-state index is -1.12. The number of thiazole rings is 1. The van der Waals surface area contributed by atoms with Gasteiger partial charge >= 0.3 is 5.97 Å². The van der Waals surface area contributed by atoms with Crippen LogP contribution in [0.1, 0.15) is 20.9 Å². The fourth-order valence-corrected chi connectivity index (χ4v) is 5.12. The van der Waals surface area contributed by atoms with Gasteiger partial charge in [-0.25, -0.2) is 9.78 Å². The van der Waals surface area contributed by atoms with Gasteiger partial charge in [-0.2, -0.15) is 0 Å². The van der Waals surface area contributed by atoms with Crippen molar-refractivity contribution < 1.29 is 19.1 Å². The molecule has 3 heterocycles. The molecule has 1 amide bonds. The van der Waals surface area contributed by atoms with Crippen molar-refractivity contribution in [2.24, 2.45) is 0 Å². The number of nitrogens with zero attached hydrogens (tertiary/aromatic N) is 1. The Bertz CT molecular complexity index is 1330. The SMILES string of the molecule is O=C(Nc1csc(-c2nc3ccccc3s2)c1C(=O)O)c1cc2ccccc2o1. The van der Waals surface area contributed by atoms with Gasteiger partial charge in [-0.15, -0.1) is 22.7 Å². The van der Waals surface area contributed by atoms with Crippen LogP contribution < -0.4 is 5.32 Å². The molecular weight excluding hydrogens is 408 g/mol. The van der Waals surface area contributed by atoms with Crippen LogP contribution in [0, 0.1) is 0 Å². The van der Waals surface area contributed by atoms with Crippen LogP contribution in [-0.2, 0) is 0 Å². The number of para-hydroxylation sites is 2. The number of carbonyl (C=O) groups excluding carboxylic acids is 1. The molecule has 0 aliphatic carbocycles. The van der Waals surface area contributed by atoms with Crippen LogP contribution >= 0.6 is 22.7 Å². The number of thiophene rings is 1. The monoisotopic (exact) mass is 420 g/mol. The van der Waals surface area contributed by atoms with Crippen molar-refractivity contribution in [1.29, 1.82) is 0 Å². The van der Waals surface area contributed by atoms with E-state index in [1.165, 1.54) is 22.7 Å². The van der Waals surface area contributed by atoms with Gasteiger partial charge in [0.05, 0.1) is 20.8 Å². The number of hydrogen-bond acceptors (Lipinski definition) is 6. The molecule has 5 aromatic rings. The number of aromatic carboxylic acids is 1. The Kier molecular flexibility index (Phi) is 4.15. The molecule has 0 saturated heterocycles. The van der Waals surface area contributed by atoms with Crippen LogP contribution in [0.15, 0.2) is 64.4 Å². The number of carboxylic acids is 1. The Hall–Kier alpha value is -3.49. The van der Waals surface area contributed by atoms with Crippen LogP contribution in [0.25, 0.3) is 31.1 Å². The first-order valence-corrected chi connectivity index (χ1v) is 10.3. The third-order valence-electron chi connectivity index (χ3n) is 4.39. The molecular formula is C21H12N2O4S2. The van der Waals surface area contributed by atoms with E-state index in [1.807, 2.05) is 42.5 Å². The van der Waals surface area contributed by atoms with Crippen molar-refractivity contribution >= 4 is 61.4 Å². The maximum Gasteiger partial charge on any atom is 0.339 e. The highest BCUT2D eigenvalue weighted by Gasteiger charge is 2.24. The number of aromatic nitrogens is 1. The molecule has 8 heteroatoms. The number of carboxylic acid groups (broad SMARTS) is 1. The molecule has 0 saturated carbocycles. The summed E-state index contributed by atoms with van der Waals surface area (Å²) in [6.45, 7) is 0. The average molecular weight is 420 g/mol. The van der Waals surface area contributed by atoms with E-state index in [0.29, 0.717) is 15.5 Å². The lowest BCUT2D eigenvalue weighted by Gasteiger charge is -2.03. The maximum absolute atomic E-state index is 12.6. The number of nitrogens with one attached hydrogen (secondary N) is 1. The number of furan rings is 1. The zero-order chi connectivity index (χ0) is 20.0. The van der Waals surface area contributed by atoms with E-state index < -0.39 is 11.9 Å². The highest BCUT2D eigenvalue weighted by Crippen LogP contribution is 2.40. The van der Waals surface area contributed by atoms with Crippen molar-refractivity contribution in [2.45, 2.75) is 0 Å². The second-order valence-electron chi connectivity index (χ2n) is 6.25. The first-order valence-electron chi connectivity index (χ1n) is 8.61. The highest BCUT2D eigenvalue weighted by molar-refractivity contribution is 7.25. The molecule has 0 spiro atoms. The number of carbonyl (C=O) groups is 2. The van der Waals surface area contributed by atoms with E-state index in [9.17, 15) is 14.7 Å². The van der Waals surface area contributed by atoms with Gasteiger partial charge in [-0.3, -0.25) is 4.79 Å². The van der Waals surface area contributed by atoms with Crippen LogP contribution in [0.4, 0.5) is 5.69 Å². The van der Waals surface area contributed by atoms with Crippen LogP contribution in [-0.4, -0.2) is 22.0 Å². The van der Waals surface area contributed by atoms with Gasteiger partial charge in [0, 0.05) is 10.8 Å². The fraction of sp³-hybridized carbons (Fsp3) is 0. The molecule has 0 fully saturated rings. The third-order valence-corrected chi connectivity index (χ3v) is 6.56. The van der Waals surface area contributed by atoms with Crippen LogP contribution in [0.5, 0.6) is 0 Å². The minimum Gasteiger partial charge on any atom is -0.478 e. The van der Waals surface area contributed by atoms with E-state index in [-0.39, 0.29) is 17.0 Å². The summed E-state index contributed by atoms with van der Waals surface area (Å²) in [7, 11) is 0. The Morgan fingerprint density at radius 1 is 1.07 bits per heavy atom. The Balaban J connectivity index is 1.52. The predicted octanol–water partition coefficient (Wildman–Crippen LogP) is 5.72. The third kappa shape index (κ3) is 3.08. The first-order chi connectivity index (χ1) is 14.1. The lowest BCUT2D eigenvalue weighted by Crippen LogP contribution is -2.13. The standard InChI is InChI=1S/C21H12N2O4S2/c24-19(15-9-11-5-1-3-7-14(11)27-15)22-13-10-28-18(17(13)21(25)26)20-23-12-6-2-4-8-16(12)29-20/h1-10H,(H,22,24)(H,25,26). The zero-order valence-electron chi connectivity index (χ0n) is 14.7. The highest BCUT2D eigenvalue weighted by atomic mass is 32.1. The quantitative estimate of drug-likeness (QED) is 0.388. The summed E-state index contributed by atoms with van der Waals surface area (Å²) < 4.78 is 6.54.